The summed E-state index contributed by atoms with van der Waals surface area (Å²) >= 11 is 0. The van der Waals surface area contributed by atoms with Crippen LogP contribution in [0, 0.1) is 0 Å². The van der Waals surface area contributed by atoms with Gasteiger partial charge in [0.05, 0.1) is 13.2 Å². The number of nitrogens with zero attached hydrogens (tertiary/aromatic N) is 2. The third-order valence-electron chi connectivity index (χ3n) is 2.90. The normalized spacial score (nSPS) is 20.1. The number of alkyl halides is 3. The minimum atomic E-state index is -4.57. The first kappa shape index (κ1) is 15.0. The topological polar surface area (TPSA) is 53.4 Å². The molecule has 5 nitrogen and oxygen atoms in total. The molecule has 0 N–H and O–H groups in total. The first-order valence-electron chi connectivity index (χ1n) is 6.35. The molecule has 112 valence electrons. The molecule has 0 aromatic carbocycles. The molecule has 1 fully saturated rings. The Hall–Kier alpha value is -1.41. The van der Waals surface area contributed by atoms with Crippen LogP contribution < -0.4 is 5.56 Å². The number of aromatic nitrogens is 2. The van der Waals surface area contributed by atoms with Crippen molar-refractivity contribution in [1.82, 2.24) is 9.78 Å². The van der Waals surface area contributed by atoms with E-state index in [1.165, 1.54) is 0 Å². The summed E-state index contributed by atoms with van der Waals surface area (Å²) in [5.41, 5.74) is -1.68. The second-order valence-electron chi connectivity index (χ2n) is 4.44. The highest BCUT2D eigenvalue weighted by molar-refractivity contribution is 5.04. The molecule has 2 rings (SSSR count). The van der Waals surface area contributed by atoms with E-state index in [0.29, 0.717) is 12.7 Å². The third-order valence-corrected chi connectivity index (χ3v) is 2.90. The van der Waals surface area contributed by atoms with E-state index in [0.717, 1.165) is 30.0 Å². The van der Waals surface area contributed by atoms with E-state index in [-0.39, 0.29) is 19.4 Å². The van der Waals surface area contributed by atoms with Crippen molar-refractivity contribution in [2.24, 2.45) is 0 Å². The highest BCUT2D eigenvalue weighted by atomic mass is 19.4. The summed E-state index contributed by atoms with van der Waals surface area (Å²) in [4.78, 5) is 11.4. The van der Waals surface area contributed by atoms with Crippen LogP contribution in [0.15, 0.2) is 16.9 Å². The van der Waals surface area contributed by atoms with E-state index in [1.807, 2.05) is 0 Å². The highest BCUT2D eigenvalue weighted by Crippen LogP contribution is 2.26. The van der Waals surface area contributed by atoms with Gasteiger partial charge in [0.25, 0.3) is 5.56 Å². The smallest absolute Gasteiger partial charge is 0.353 e. The number of halogens is 3. The van der Waals surface area contributed by atoms with E-state index in [4.69, 9.17) is 9.47 Å². The van der Waals surface area contributed by atoms with Crippen LogP contribution in [0.25, 0.3) is 0 Å². The van der Waals surface area contributed by atoms with Crippen molar-refractivity contribution in [2.75, 3.05) is 13.2 Å². The van der Waals surface area contributed by atoms with E-state index >= 15 is 0 Å². The van der Waals surface area contributed by atoms with Gasteiger partial charge in [-0.05, 0) is 25.3 Å². The van der Waals surface area contributed by atoms with Crippen molar-refractivity contribution in [1.29, 1.82) is 0 Å². The third kappa shape index (κ3) is 4.04. The monoisotopic (exact) mass is 292 g/mol. The Balaban J connectivity index is 1.93. The molecule has 0 unspecified atom stereocenters. The van der Waals surface area contributed by atoms with Gasteiger partial charge in [-0.3, -0.25) is 4.79 Å². The minimum absolute atomic E-state index is 0.0391. The Morgan fingerprint density at radius 3 is 2.85 bits per heavy atom. The largest absolute Gasteiger partial charge is 0.435 e. The average Bonchev–Trinajstić information content (AvgIpc) is 2.41. The fourth-order valence-electron chi connectivity index (χ4n) is 1.87. The molecule has 20 heavy (non-hydrogen) atoms. The lowest BCUT2D eigenvalue weighted by Gasteiger charge is -2.22. The summed E-state index contributed by atoms with van der Waals surface area (Å²) in [6.45, 7) is 0.661. The van der Waals surface area contributed by atoms with E-state index in [1.54, 1.807) is 0 Å². The van der Waals surface area contributed by atoms with Crippen molar-refractivity contribution in [3.05, 3.63) is 28.2 Å². The number of hydrogen-bond donors (Lipinski definition) is 0. The SMILES string of the molecule is O=c1ccc(C(F)(F)F)nn1CCO[C@H]1CCCCO1. The fourth-order valence-corrected chi connectivity index (χ4v) is 1.87. The molecule has 1 aromatic rings. The van der Waals surface area contributed by atoms with Crippen LogP contribution in [0.4, 0.5) is 13.2 Å². The average molecular weight is 292 g/mol. The lowest BCUT2D eigenvalue weighted by Crippen LogP contribution is -2.29. The lowest BCUT2D eigenvalue weighted by molar-refractivity contribution is -0.164. The molecule has 2 heterocycles. The van der Waals surface area contributed by atoms with Crippen molar-refractivity contribution in [2.45, 2.75) is 38.3 Å². The van der Waals surface area contributed by atoms with Crippen LogP contribution in [0.2, 0.25) is 0 Å². The molecular weight excluding hydrogens is 277 g/mol. The van der Waals surface area contributed by atoms with Gasteiger partial charge in [0.2, 0.25) is 0 Å². The highest BCUT2D eigenvalue weighted by Gasteiger charge is 2.33. The Morgan fingerprint density at radius 1 is 1.40 bits per heavy atom. The zero-order valence-corrected chi connectivity index (χ0v) is 10.7. The second-order valence-corrected chi connectivity index (χ2v) is 4.44. The molecule has 1 aliphatic heterocycles. The van der Waals surface area contributed by atoms with Crippen molar-refractivity contribution in [3.8, 4) is 0 Å². The number of rotatable bonds is 4. The minimum Gasteiger partial charge on any atom is -0.353 e. The molecule has 1 atom stereocenters. The summed E-state index contributed by atoms with van der Waals surface area (Å²) in [6, 6.07) is 1.52. The number of hydrogen-bond acceptors (Lipinski definition) is 4. The molecule has 0 amide bonds. The van der Waals surface area contributed by atoms with Gasteiger partial charge in [-0.15, -0.1) is 0 Å². The van der Waals surface area contributed by atoms with Crippen LogP contribution in [0.5, 0.6) is 0 Å². The standard InChI is InChI=1S/C12H15F3N2O3/c13-12(14,15)9-4-5-10(18)17(16-9)6-8-20-11-3-1-2-7-19-11/h4-5,11H,1-3,6-8H2/t11-/m0/s1. The molecule has 8 heteroatoms. The van der Waals surface area contributed by atoms with E-state index < -0.39 is 17.4 Å². The summed E-state index contributed by atoms with van der Waals surface area (Å²) in [5, 5.41) is 3.28. The van der Waals surface area contributed by atoms with Crippen LogP contribution in [-0.4, -0.2) is 29.3 Å². The van der Waals surface area contributed by atoms with Gasteiger partial charge in [0.1, 0.15) is 0 Å². The van der Waals surface area contributed by atoms with E-state index in [2.05, 4.69) is 5.10 Å². The van der Waals surface area contributed by atoms with Crippen molar-refractivity contribution in [3.63, 3.8) is 0 Å². The summed E-state index contributed by atoms with van der Waals surface area (Å²) in [5.74, 6) is 0. The van der Waals surface area contributed by atoms with Gasteiger partial charge >= 0.3 is 6.18 Å². The van der Waals surface area contributed by atoms with Gasteiger partial charge in [-0.2, -0.15) is 18.3 Å². The van der Waals surface area contributed by atoms with Crippen LogP contribution in [-0.2, 0) is 22.2 Å². The van der Waals surface area contributed by atoms with Crippen LogP contribution in [0.3, 0.4) is 0 Å². The zero-order valence-electron chi connectivity index (χ0n) is 10.7. The maximum atomic E-state index is 12.5. The molecule has 1 aromatic heterocycles. The quantitative estimate of drug-likeness (QED) is 0.849. The molecule has 0 saturated carbocycles. The van der Waals surface area contributed by atoms with Crippen LogP contribution >= 0.6 is 0 Å². The molecular formula is C12H15F3N2O3. The molecule has 0 bridgehead atoms. The Kier molecular flexibility index (Phi) is 4.77. The molecule has 0 spiro atoms. The fraction of sp³-hybridized carbons (Fsp3) is 0.667. The lowest BCUT2D eigenvalue weighted by atomic mass is 10.2. The number of ether oxygens (including phenoxy) is 2. The maximum absolute atomic E-state index is 12.5. The molecule has 0 aliphatic carbocycles. The van der Waals surface area contributed by atoms with Gasteiger partial charge in [-0.25, -0.2) is 4.68 Å². The second kappa shape index (κ2) is 6.36. The summed E-state index contributed by atoms with van der Waals surface area (Å²) < 4.78 is 48.9. The summed E-state index contributed by atoms with van der Waals surface area (Å²) in [7, 11) is 0. The predicted molar refractivity (Wildman–Crippen MR) is 63.0 cm³/mol. The Labute approximate surface area is 113 Å². The van der Waals surface area contributed by atoms with E-state index in [9.17, 15) is 18.0 Å². The van der Waals surface area contributed by atoms with Gasteiger partial charge in [0, 0.05) is 12.7 Å². The maximum Gasteiger partial charge on any atom is 0.435 e. The molecule has 1 aliphatic rings. The first-order chi connectivity index (χ1) is 9.47. The zero-order chi connectivity index (χ0) is 14.6. The Morgan fingerprint density at radius 2 is 2.20 bits per heavy atom. The van der Waals surface area contributed by atoms with Crippen LogP contribution in [0.1, 0.15) is 25.0 Å². The molecule has 0 radical (unpaired) electrons. The molecule has 1 saturated heterocycles. The summed E-state index contributed by atoms with van der Waals surface area (Å²) in [6.07, 6.45) is -2.18. The van der Waals surface area contributed by atoms with Crippen molar-refractivity contribution >= 4 is 0 Å². The van der Waals surface area contributed by atoms with Gasteiger partial charge < -0.3 is 9.47 Å². The predicted octanol–water partition coefficient (Wildman–Crippen LogP) is 1.81. The Bertz CT molecular complexity index is 495. The van der Waals surface area contributed by atoms with Gasteiger partial charge in [0.15, 0.2) is 12.0 Å². The first-order valence-corrected chi connectivity index (χ1v) is 6.35. The van der Waals surface area contributed by atoms with Crippen molar-refractivity contribution < 1.29 is 22.6 Å². The van der Waals surface area contributed by atoms with Gasteiger partial charge in [-0.1, -0.05) is 0 Å².